The molecule has 1 heterocycles. The highest BCUT2D eigenvalue weighted by Crippen LogP contribution is 2.03. The number of carbonyl (C=O) groups is 1. The van der Waals surface area contributed by atoms with Crippen LogP contribution < -0.4 is 5.32 Å². The zero-order valence-corrected chi connectivity index (χ0v) is 9.01. The summed E-state index contributed by atoms with van der Waals surface area (Å²) in [6, 6.07) is 1.30. The van der Waals surface area contributed by atoms with Crippen molar-refractivity contribution >= 4 is 16.7 Å². The molecule has 82 valence electrons. The number of aromatic nitrogens is 1. The minimum atomic E-state index is -0.965. The van der Waals surface area contributed by atoms with E-state index in [1.54, 1.807) is 6.26 Å². The molecule has 0 aliphatic heterocycles. The third kappa shape index (κ3) is 3.75. The van der Waals surface area contributed by atoms with E-state index in [1.807, 2.05) is 0 Å². The highest BCUT2D eigenvalue weighted by atomic mass is 32.2. The van der Waals surface area contributed by atoms with Gasteiger partial charge < -0.3 is 5.32 Å². The molecule has 1 rings (SSSR count). The van der Waals surface area contributed by atoms with Gasteiger partial charge in [-0.3, -0.25) is 14.0 Å². The molecule has 1 aromatic heterocycles. The molecule has 1 unspecified atom stereocenters. The summed E-state index contributed by atoms with van der Waals surface area (Å²) < 4.78 is 23.7. The van der Waals surface area contributed by atoms with Crippen LogP contribution in [0.5, 0.6) is 0 Å². The Morgan fingerprint density at radius 1 is 1.67 bits per heavy atom. The molecule has 0 fully saturated rings. The van der Waals surface area contributed by atoms with Crippen molar-refractivity contribution in [1.29, 1.82) is 0 Å². The monoisotopic (exact) mass is 230 g/mol. The van der Waals surface area contributed by atoms with Crippen LogP contribution in [0.1, 0.15) is 10.4 Å². The van der Waals surface area contributed by atoms with Crippen molar-refractivity contribution in [2.45, 2.75) is 0 Å². The Morgan fingerprint density at radius 2 is 2.40 bits per heavy atom. The average molecular weight is 230 g/mol. The molecule has 1 aromatic rings. The van der Waals surface area contributed by atoms with Gasteiger partial charge in [0.1, 0.15) is 0 Å². The Morgan fingerprint density at radius 3 is 3.00 bits per heavy atom. The van der Waals surface area contributed by atoms with Crippen LogP contribution in [0.3, 0.4) is 0 Å². The zero-order chi connectivity index (χ0) is 11.3. The van der Waals surface area contributed by atoms with Crippen LogP contribution >= 0.6 is 0 Å². The predicted molar refractivity (Wildman–Crippen MR) is 55.5 cm³/mol. The number of nitrogens with zero attached hydrogens (tertiary/aromatic N) is 1. The van der Waals surface area contributed by atoms with Crippen molar-refractivity contribution in [3.8, 4) is 0 Å². The lowest BCUT2D eigenvalue weighted by Gasteiger charge is -2.04. The van der Waals surface area contributed by atoms with Gasteiger partial charge in [-0.1, -0.05) is 0 Å². The van der Waals surface area contributed by atoms with Crippen molar-refractivity contribution in [2.75, 3.05) is 18.6 Å². The second-order valence-electron chi connectivity index (χ2n) is 2.89. The van der Waals surface area contributed by atoms with E-state index in [-0.39, 0.29) is 12.1 Å². The molecule has 0 spiro atoms. The summed E-state index contributed by atoms with van der Waals surface area (Å²) in [7, 11) is -0.965. The van der Waals surface area contributed by atoms with Crippen LogP contribution in [0.2, 0.25) is 0 Å². The molecular weight excluding hydrogens is 219 g/mol. The number of hydrogen-bond donors (Lipinski definition) is 1. The lowest BCUT2D eigenvalue weighted by Crippen LogP contribution is -2.28. The highest BCUT2D eigenvalue weighted by Gasteiger charge is 2.10. The lowest BCUT2D eigenvalue weighted by molar-refractivity contribution is 0.0952. The van der Waals surface area contributed by atoms with Crippen LogP contribution in [0.15, 0.2) is 18.5 Å². The van der Waals surface area contributed by atoms with Gasteiger partial charge in [-0.2, -0.15) is 0 Å². The molecule has 0 bridgehead atoms. The number of hydrogen-bond acceptors (Lipinski definition) is 3. The van der Waals surface area contributed by atoms with E-state index < -0.39 is 22.5 Å². The maximum absolute atomic E-state index is 13.0. The van der Waals surface area contributed by atoms with Crippen molar-refractivity contribution in [2.24, 2.45) is 0 Å². The molecule has 0 saturated heterocycles. The fourth-order valence-corrected chi connectivity index (χ4v) is 1.35. The van der Waals surface area contributed by atoms with Gasteiger partial charge in [0.05, 0.1) is 11.8 Å². The number of pyridine rings is 1. The predicted octanol–water partition coefficient (Wildman–Crippen LogP) is 0.329. The van der Waals surface area contributed by atoms with E-state index in [1.165, 1.54) is 12.3 Å². The molecule has 1 atom stereocenters. The summed E-state index contributed by atoms with van der Waals surface area (Å²) in [5.74, 6) is -0.814. The average Bonchev–Trinajstić information content (AvgIpc) is 2.17. The first kappa shape index (κ1) is 11.8. The van der Waals surface area contributed by atoms with Crippen molar-refractivity contribution < 1.29 is 13.4 Å². The Bertz CT molecular complexity index is 384. The molecule has 15 heavy (non-hydrogen) atoms. The second-order valence-corrected chi connectivity index (χ2v) is 4.44. The molecule has 6 heteroatoms. The molecule has 4 nitrogen and oxygen atoms in total. The topological polar surface area (TPSA) is 59.1 Å². The lowest BCUT2D eigenvalue weighted by atomic mass is 10.2. The minimum absolute atomic E-state index is 0.0492. The van der Waals surface area contributed by atoms with Crippen LogP contribution in [0.25, 0.3) is 0 Å². The fourth-order valence-electron chi connectivity index (χ4n) is 0.963. The molecule has 0 aromatic carbocycles. The Hall–Kier alpha value is -1.30. The summed E-state index contributed by atoms with van der Waals surface area (Å²) in [4.78, 5) is 14.9. The Balaban J connectivity index is 2.54. The quantitative estimate of drug-likeness (QED) is 0.811. The molecule has 0 aliphatic carbocycles. The van der Waals surface area contributed by atoms with E-state index in [0.29, 0.717) is 5.75 Å². The summed E-state index contributed by atoms with van der Waals surface area (Å²) >= 11 is 0. The highest BCUT2D eigenvalue weighted by molar-refractivity contribution is 7.84. The molecule has 0 radical (unpaired) electrons. The number of halogens is 1. The summed E-state index contributed by atoms with van der Waals surface area (Å²) in [6.07, 6.45) is 3.86. The van der Waals surface area contributed by atoms with Gasteiger partial charge in [-0.25, -0.2) is 4.39 Å². The Kier molecular flexibility index (Phi) is 4.36. The van der Waals surface area contributed by atoms with E-state index in [4.69, 9.17) is 0 Å². The van der Waals surface area contributed by atoms with Crippen molar-refractivity contribution in [1.82, 2.24) is 10.3 Å². The van der Waals surface area contributed by atoms with Gasteiger partial charge in [0.2, 0.25) is 0 Å². The Labute approximate surface area is 89.4 Å². The van der Waals surface area contributed by atoms with Gasteiger partial charge in [0, 0.05) is 35.5 Å². The fraction of sp³-hybridized carbons (Fsp3) is 0.333. The van der Waals surface area contributed by atoms with Crippen molar-refractivity contribution in [3.63, 3.8) is 0 Å². The van der Waals surface area contributed by atoms with Gasteiger partial charge in [-0.05, 0) is 6.07 Å². The maximum atomic E-state index is 13.0. The normalized spacial score (nSPS) is 12.1. The number of rotatable bonds is 4. The summed E-state index contributed by atoms with van der Waals surface area (Å²) in [5, 5.41) is 2.47. The third-order valence-electron chi connectivity index (χ3n) is 1.69. The second kappa shape index (κ2) is 5.55. The smallest absolute Gasteiger partial charge is 0.254 e. The SMILES string of the molecule is CS(=O)CCNC(=O)c1ccncc1F. The van der Waals surface area contributed by atoms with E-state index in [9.17, 15) is 13.4 Å². The first-order chi connectivity index (χ1) is 7.11. The molecule has 1 amide bonds. The van der Waals surface area contributed by atoms with Gasteiger partial charge >= 0.3 is 0 Å². The van der Waals surface area contributed by atoms with Crippen molar-refractivity contribution in [3.05, 3.63) is 29.8 Å². The molecule has 0 saturated carbocycles. The number of nitrogens with one attached hydrogen (secondary N) is 1. The third-order valence-corrected chi connectivity index (χ3v) is 2.47. The number of amides is 1. The van der Waals surface area contributed by atoms with Crippen LogP contribution in [-0.2, 0) is 10.8 Å². The summed E-state index contributed by atoms with van der Waals surface area (Å²) in [5.41, 5.74) is -0.0492. The first-order valence-electron chi connectivity index (χ1n) is 4.29. The van der Waals surface area contributed by atoms with Gasteiger partial charge in [-0.15, -0.1) is 0 Å². The van der Waals surface area contributed by atoms with Crippen LogP contribution in [0, 0.1) is 5.82 Å². The van der Waals surface area contributed by atoms with E-state index in [2.05, 4.69) is 10.3 Å². The van der Waals surface area contributed by atoms with E-state index in [0.717, 1.165) is 6.20 Å². The van der Waals surface area contributed by atoms with Gasteiger partial charge in [0.15, 0.2) is 5.82 Å². The van der Waals surface area contributed by atoms with Crippen LogP contribution in [-0.4, -0.2) is 33.7 Å². The molecular formula is C9H11FN2O2S. The largest absolute Gasteiger partial charge is 0.351 e. The first-order valence-corrected chi connectivity index (χ1v) is 6.01. The summed E-state index contributed by atoms with van der Waals surface area (Å²) in [6.45, 7) is 0.268. The molecule has 1 N–H and O–H groups in total. The maximum Gasteiger partial charge on any atom is 0.254 e. The molecule has 0 aliphatic rings. The number of carbonyl (C=O) groups excluding carboxylic acids is 1. The standard InChI is InChI=1S/C9H11FN2O2S/c1-15(14)5-4-12-9(13)7-2-3-11-6-8(7)10/h2-3,6H,4-5H2,1H3,(H,12,13). The minimum Gasteiger partial charge on any atom is -0.351 e. The van der Waals surface area contributed by atoms with Crippen LogP contribution in [0.4, 0.5) is 4.39 Å². The zero-order valence-electron chi connectivity index (χ0n) is 8.20. The van der Waals surface area contributed by atoms with Gasteiger partial charge in [0.25, 0.3) is 5.91 Å². The van der Waals surface area contributed by atoms with E-state index >= 15 is 0 Å².